The Balaban J connectivity index is 1.73. The zero-order valence-corrected chi connectivity index (χ0v) is 16.2. The van der Waals surface area contributed by atoms with Gasteiger partial charge in [-0.15, -0.1) is 0 Å². The van der Waals surface area contributed by atoms with E-state index in [0.717, 1.165) is 39.4 Å². The van der Waals surface area contributed by atoms with Gasteiger partial charge in [-0.25, -0.2) is 0 Å². The Kier molecular flexibility index (Phi) is 5.68. The number of hydrogen-bond acceptors (Lipinski definition) is 3. The third kappa shape index (κ3) is 4.36. The van der Waals surface area contributed by atoms with Crippen molar-refractivity contribution >= 4 is 11.4 Å². The van der Waals surface area contributed by atoms with Gasteiger partial charge >= 0.3 is 0 Å². The van der Waals surface area contributed by atoms with Crippen LogP contribution in [0, 0.1) is 0 Å². The molecule has 0 heterocycles. The lowest BCUT2D eigenvalue weighted by atomic mass is 10.0. The average molecular weight is 378 g/mol. The van der Waals surface area contributed by atoms with Crippen LogP contribution in [0.5, 0.6) is 5.75 Å². The van der Waals surface area contributed by atoms with Gasteiger partial charge in [0.2, 0.25) is 0 Å². The quantitative estimate of drug-likeness (QED) is 0.319. The molecule has 0 aliphatic carbocycles. The summed E-state index contributed by atoms with van der Waals surface area (Å²) in [5.41, 5.74) is 9.27. The molecule has 0 aliphatic rings. The lowest BCUT2D eigenvalue weighted by Gasteiger charge is -2.13. The van der Waals surface area contributed by atoms with E-state index in [-0.39, 0.29) is 0 Å². The van der Waals surface area contributed by atoms with Crippen LogP contribution in [0.2, 0.25) is 0 Å². The van der Waals surface area contributed by atoms with E-state index >= 15 is 0 Å². The predicted molar refractivity (Wildman–Crippen MR) is 121 cm³/mol. The summed E-state index contributed by atoms with van der Waals surface area (Å²) in [6.07, 6.45) is 0. The summed E-state index contributed by atoms with van der Waals surface area (Å²) in [5.74, 6) is 0.744. The van der Waals surface area contributed by atoms with Crippen molar-refractivity contribution in [3.63, 3.8) is 0 Å². The number of ether oxygens (including phenoxy) is 1. The molecule has 1 N–H and O–H groups in total. The summed E-state index contributed by atoms with van der Waals surface area (Å²) in [5, 5.41) is 4.76. The van der Waals surface area contributed by atoms with Crippen LogP contribution < -0.4 is 10.2 Å². The summed E-state index contributed by atoms with van der Waals surface area (Å²) in [7, 11) is 1.67. The lowest BCUT2D eigenvalue weighted by Crippen LogP contribution is -2.07. The van der Waals surface area contributed by atoms with Gasteiger partial charge in [-0.1, -0.05) is 97.1 Å². The first-order valence-electron chi connectivity index (χ1n) is 9.53. The molecule has 0 saturated heterocycles. The van der Waals surface area contributed by atoms with E-state index in [2.05, 4.69) is 54.0 Å². The maximum Gasteiger partial charge on any atom is 0.143 e. The lowest BCUT2D eigenvalue weighted by molar-refractivity contribution is 0.416. The van der Waals surface area contributed by atoms with E-state index < -0.39 is 0 Å². The molecule has 4 rings (SSSR count). The highest BCUT2D eigenvalue weighted by Crippen LogP contribution is 2.30. The molecule has 0 bridgehead atoms. The van der Waals surface area contributed by atoms with Gasteiger partial charge in [-0.3, -0.25) is 5.43 Å². The van der Waals surface area contributed by atoms with Crippen LogP contribution >= 0.6 is 0 Å². The van der Waals surface area contributed by atoms with Crippen LogP contribution in [0.15, 0.2) is 114 Å². The van der Waals surface area contributed by atoms with E-state index in [4.69, 9.17) is 9.84 Å². The van der Waals surface area contributed by atoms with Crippen LogP contribution in [0.4, 0.5) is 5.69 Å². The molecule has 0 amide bonds. The van der Waals surface area contributed by atoms with Crippen molar-refractivity contribution in [1.29, 1.82) is 0 Å². The van der Waals surface area contributed by atoms with Crippen LogP contribution in [-0.4, -0.2) is 12.8 Å². The summed E-state index contributed by atoms with van der Waals surface area (Å²) in [6, 6.07) is 36.7. The molecule has 0 saturated carbocycles. The zero-order valence-electron chi connectivity index (χ0n) is 16.2. The molecule has 3 nitrogen and oxygen atoms in total. The number of hydrogen-bond donors (Lipinski definition) is 1. The molecule has 4 aromatic carbocycles. The molecule has 4 aromatic rings. The Hall–Kier alpha value is -3.85. The Bertz CT molecular complexity index is 1050. The fourth-order valence-electron chi connectivity index (χ4n) is 3.21. The second kappa shape index (κ2) is 8.89. The second-order valence-corrected chi connectivity index (χ2v) is 6.59. The van der Waals surface area contributed by atoms with Crippen LogP contribution in [0.25, 0.3) is 11.1 Å². The highest BCUT2D eigenvalue weighted by Gasteiger charge is 2.09. The van der Waals surface area contributed by atoms with Crippen molar-refractivity contribution in [3.05, 3.63) is 120 Å². The molecule has 0 atom stereocenters. The number of anilines is 1. The van der Waals surface area contributed by atoms with Crippen LogP contribution in [0.1, 0.15) is 11.1 Å². The second-order valence-electron chi connectivity index (χ2n) is 6.59. The number of nitrogens with zero attached hydrogens (tertiary/aromatic N) is 1. The van der Waals surface area contributed by atoms with E-state index in [1.54, 1.807) is 7.11 Å². The molecular weight excluding hydrogens is 356 g/mol. The van der Waals surface area contributed by atoms with Gasteiger partial charge in [0.15, 0.2) is 0 Å². The molecule has 0 fully saturated rings. The molecule has 3 heteroatoms. The highest BCUT2D eigenvalue weighted by atomic mass is 16.5. The van der Waals surface area contributed by atoms with Gasteiger partial charge < -0.3 is 4.74 Å². The summed E-state index contributed by atoms with van der Waals surface area (Å²) in [6.45, 7) is 0. The first-order chi connectivity index (χ1) is 14.3. The standard InChI is InChI=1S/C26H22N2O/c1-29-25-18-17-23(20-11-5-2-6-12-20)19-24(25)27-28-26(21-13-7-3-8-14-21)22-15-9-4-10-16-22/h2-19,27H,1H3. The molecule has 0 aromatic heterocycles. The molecule has 29 heavy (non-hydrogen) atoms. The minimum atomic E-state index is 0.744. The number of nitrogens with one attached hydrogen (secondary N) is 1. The first kappa shape index (κ1) is 18.5. The third-order valence-electron chi connectivity index (χ3n) is 4.69. The Morgan fingerprint density at radius 3 is 1.76 bits per heavy atom. The normalized spacial score (nSPS) is 10.2. The van der Waals surface area contributed by atoms with Gasteiger partial charge in [-0.2, -0.15) is 5.10 Å². The van der Waals surface area contributed by atoms with Crippen molar-refractivity contribution in [3.8, 4) is 16.9 Å². The number of methoxy groups -OCH3 is 1. The van der Waals surface area contributed by atoms with Crippen molar-refractivity contribution in [2.45, 2.75) is 0 Å². The van der Waals surface area contributed by atoms with Crippen molar-refractivity contribution in [2.75, 3.05) is 12.5 Å². The topological polar surface area (TPSA) is 33.6 Å². The van der Waals surface area contributed by atoms with Crippen molar-refractivity contribution < 1.29 is 4.74 Å². The molecular formula is C26H22N2O. The van der Waals surface area contributed by atoms with Crippen molar-refractivity contribution in [2.24, 2.45) is 5.10 Å². The average Bonchev–Trinajstić information content (AvgIpc) is 2.81. The van der Waals surface area contributed by atoms with Gasteiger partial charge in [0, 0.05) is 11.1 Å². The van der Waals surface area contributed by atoms with Gasteiger partial charge in [0.1, 0.15) is 5.75 Å². The molecule has 0 radical (unpaired) electrons. The highest BCUT2D eigenvalue weighted by molar-refractivity contribution is 6.13. The maximum atomic E-state index is 5.55. The smallest absolute Gasteiger partial charge is 0.143 e. The van der Waals surface area contributed by atoms with Crippen LogP contribution in [0.3, 0.4) is 0 Å². The van der Waals surface area contributed by atoms with Gasteiger partial charge in [0.25, 0.3) is 0 Å². The fourth-order valence-corrected chi connectivity index (χ4v) is 3.21. The Morgan fingerprint density at radius 2 is 1.21 bits per heavy atom. The minimum Gasteiger partial charge on any atom is -0.495 e. The number of hydrazone groups is 1. The fraction of sp³-hybridized carbons (Fsp3) is 0.0385. The number of benzene rings is 4. The zero-order chi connectivity index (χ0) is 19.9. The van der Waals surface area contributed by atoms with E-state index in [9.17, 15) is 0 Å². The maximum absolute atomic E-state index is 5.55. The van der Waals surface area contributed by atoms with Crippen LogP contribution in [-0.2, 0) is 0 Å². The van der Waals surface area contributed by atoms with E-state index in [0.29, 0.717) is 0 Å². The summed E-state index contributed by atoms with van der Waals surface area (Å²) >= 11 is 0. The minimum absolute atomic E-state index is 0.744. The predicted octanol–water partition coefficient (Wildman–Crippen LogP) is 6.23. The summed E-state index contributed by atoms with van der Waals surface area (Å²) in [4.78, 5) is 0. The van der Waals surface area contributed by atoms with Gasteiger partial charge in [-0.05, 0) is 23.3 Å². The molecule has 0 spiro atoms. The monoisotopic (exact) mass is 378 g/mol. The summed E-state index contributed by atoms with van der Waals surface area (Å²) < 4.78 is 5.55. The molecule has 0 unspecified atom stereocenters. The largest absolute Gasteiger partial charge is 0.495 e. The van der Waals surface area contributed by atoms with Gasteiger partial charge in [0.05, 0.1) is 18.5 Å². The van der Waals surface area contributed by atoms with E-state index in [1.165, 1.54) is 0 Å². The Morgan fingerprint density at radius 1 is 0.655 bits per heavy atom. The third-order valence-corrected chi connectivity index (χ3v) is 4.69. The first-order valence-corrected chi connectivity index (χ1v) is 9.53. The Labute approximate surface area is 171 Å². The van der Waals surface area contributed by atoms with E-state index in [1.807, 2.05) is 60.7 Å². The molecule has 142 valence electrons. The SMILES string of the molecule is COc1ccc(-c2ccccc2)cc1NN=C(c1ccccc1)c1ccccc1. The number of rotatable bonds is 6. The van der Waals surface area contributed by atoms with Crippen molar-refractivity contribution in [1.82, 2.24) is 0 Å². The molecule has 0 aliphatic heterocycles.